The molecule has 0 bridgehead atoms. The average molecular weight is 359 g/mol. The quantitative estimate of drug-likeness (QED) is 0.768. The fourth-order valence-electron chi connectivity index (χ4n) is 3.20. The molecule has 1 N–H and O–H groups in total. The van der Waals surface area contributed by atoms with Gasteiger partial charge in [-0.3, -0.25) is 4.79 Å². The largest absolute Gasteiger partial charge is 0.349 e. The highest BCUT2D eigenvalue weighted by molar-refractivity contribution is 7.99. The Morgan fingerprint density at radius 3 is 2.72 bits per heavy atom. The minimum absolute atomic E-state index is 0.00181. The summed E-state index contributed by atoms with van der Waals surface area (Å²) in [5, 5.41) is 15.7. The summed E-state index contributed by atoms with van der Waals surface area (Å²) in [5.74, 6) is 0.322. The van der Waals surface area contributed by atoms with E-state index >= 15 is 0 Å². The number of hydrogen-bond acceptors (Lipinski definition) is 5. The van der Waals surface area contributed by atoms with Gasteiger partial charge in [-0.25, -0.2) is 4.68 Å². The third-order valence-electron chi connectivity index (χ3n) is 4.73. The normalized spacial score (nSPS) is 16.1. The van der Waals surface area contributed by atoms with Crippen molar-refractivity contribution >= 4 is 17.7 Å². The molecule has 0 spiro atoms. The summed E-state index contributed by atoms with van der Waals surface area (Å²) in [7, 11) is 0. The Bertz CT molecular complexity index is 694. The summed E-state index contributed by atoms with van der Waals surface area (Å²) >= 11 is 1.41. The van der Waals surface area contributed by atoms with Crippen LogP contribution in [0.15, 0.2) is 29.4 Å². The standard InChI is InChI=1S/C18H25N5OS/c1-3-14-8-10-15(11-9-14)13(2)19-17(24)12-25-18-20-21-22-23(18)16-6-4-5-7-16/h8-11,13,16H,3-7,12H2,1-2H3,(H,19,24). The van der Waals surface area contributed by atoms with Crippen molar-refractivity contribution in [2.45, 2.75) is 63.2 Å². The summed E-state index contributed by atoms with van der Waals surface area (Å²) in [6, 6.07) is 8.77. The lowest BCUT2D eigenvalue weighted by Crippen LogP contribution is -2.28. The number of amides is 1. The second-order valence-electron chi connectivity index (χ2n) is 6.52. The van der Waals surface area contributed by atoms with E-state index in [1.165, 1.54) is 30.2 Å². The van der Waals surface area contributed by atoms with E-state index < -0.39 is 0 Å². The van der Waals surface area contributed by atoms with E-state index in [9.17, 15) is 4.79 Å². The van der Waals surface area contributed by atoms with Gasteiger partial charge in [0.15, 0.2) is 0 Å². The number of nitrogens with zero attached hydrogens (tertiary/aromatic N) is 4. The molecule has 1 aliphatic rings. The van der Waals surface area contributed by atoms with E-state index in [0.29, 0.717) is 11.8 Å². The highest BCUT2D eigenvalue weighted by Gasteiger charge is 2.22. The molecule has 1 unspecified atom stereocenters. The van der Waals surface area contributed by atoms with Crippen molar-refractivity contribution in [1.82, 2.24) is 25.5 Å². The molecule has 7 heteroatoms. The van der Waals surface area contributed by atoms with Gasteiger partial charge in [0.2, 0.25) is 11.1 Å². The molecule has 2 aromatic rings. The molecule has 134 valence electrons. The van der Waals surface area contributed by atoms with E-state index in [0.717, 1.165) is 30.0 Å². The molecule has 0 saturated heterocycles. The molecule has 3 rings (SSSR count). The highest BCUT2D eigenvalue weighted by Crippen LogP contribution is 2.31. The van der Waals surface area contributed by atoms with Gasteiger partial charge in [0.1, 0.15) is 0 Å². The second kappa shape index (κ2) is 8.47. The van der Waals surface area contributed by atoms with Gasteiger partial charge in [-0.1, -0.05) is 55.8 Å². The van der Waals surface area contributed by atoms with Crippen LogP contribution in [0.2, 0.25) is 0 Å². The lowest BCUT2D eigenvalue weighted by molar-refractivity contribution is -0.119. The smallest absolute Gasteiger partial charge is 0.230 e. The Balaban J connectivity index is 1.51. The van der Waals surface area contributed by atoms with Crippen molar-refractivity contribution in [1.29, 1.82) is 0 Å². The van der Waals surface area contributed by atoms with Gasteiger partial charge in [-0.05, 0) is 47.7 Å². The number of carbonyl (C=O) groups excluding carboxylic acids is 1. The lowest BCUT2D eigenvalue weighted by Gasteiger charge is -2.15. The van der Waals surface area contributed by atoms with Gasteiger partial charge in [-0.15, -0.1) is 5.10 Å². The van der Waals surface area contributed by atoms with E-state index in [4.69, 9.17) is 0 Å². The second-order valence-corrected chi connectivity index (χ2v) is 7.46. The molecule has 1 atom stereocenters. The Hall–Kier alpha value is -1.89. The molecule has 0 aliphatic heterocycles. The Morgan fingerprint density at radius 1 is 1.32 bits per heavy atom. The first-order valence-electron chi connectivity index (χ1n) is 8.96. The minimum atomic E-state index is -0.00941. The number of thioether (sulfide) groups is 1. The van der Waals surface area contributed by atoms with Crippen LogP contribution in [-0.4, -0.2) is 31.9 Å². The van der Waals surface area contributed by atoms with Crippen molar-refractivity contribution in [3.8, 4) is 0 Å². The molecule has 1 aromatic heterocycles. The van der Waals surface area contributed by atoms with Crippen molar-refractivity contribution in [2.24, 2.45) is 0 Å². The van der Waals surface area contributed by atoms with Crippen LogP contribution in [-0.2, 0) is 11.2 Å². The summed E-state index contributed by atoms with van der Waals surface area (Å²) in [6.45, 7) is 4.14. The van der Waals surface area contributed by atoms with Crippen molar-refractivity contribution in [3.63, 3.8) is 0 Å². The van der Waals surface area contributed by atoms with Gasteiger partial charge in [-0.2, -0.15) is 0 Å². The van der Waals surface area contributed by atoms with Crippen LogP contribution in [0.25, 0.3) is 0 Å². The van der Waals surface area contributed by atoms with Crippen LogP contribution < -0.4 is 5.32 Å². The number of tetrazole rings is 1. The maximum Gasteiger partial charge on any atom is 0.230 e. The molecule has 1 aromatic carbocycles. The molecule has 1 heterocycles. The zero-order valence-corrected chi connectivity index (χ0v) is 15.6. The fourth-order valence-corrected chi connectivity index (χ4v) is 3.95. The maximum absolute atomic E-state index is 12.3. The van der Waals surface area contributed by atoms with Crippen molar-refractivity contribution < 1.29 is 4.79 Å². The first-order chi connectivity index (χ1) is 12.2. The summed E-state index contributed by atoms with van der Waals surface area (Å²) in [5.41, 5.74) is 2.42. The van der Waals surface area contributed by atoms with Gasteiger partial charge in [0.05, 0.1) is 17.8 Å². The molecule has 1 amide bonds. The van der Waals surface area contributed by atoms with Gasteiger partial charge < -0.3 is 5.32 Å². The number of hydrogen-bond donors (Lipinski definition) is 1. The van der Waals surface area contributed by atoms with Crippen LogP contribution >= 0.6 is 11.8 Å². The number of aryl methyl sites for hydroxylation is 1. The summed E-state index contributed by atoms with van der Waals surface area (Å²) in [6.07, 6.45) is 5.71. The highest BCUT2D eigenvalue weighted by atomic mass is 32.2. The first-order valence-corrected chi connectivity index (χ1v) is 9.94. The van der Waals surface area contributed by atoms with Crippen molar-refractivity contribution in [3.05, 3.63) is 35.4 Å². The molecule has 1 saturated carbocycles. The van der Waals surface area contributed by atoms with Crippen LogP contribution in [0.1, 0.15) is 62.7 Å². The van der Waals surface area contributed by atoms with Gasteiger partial charge in [0, 0.05) is 0 Å². The minimum Gasteiger partial charge on any atom is -0.349 e. The van der Waals surface area contributed by atoms with E-state index in [1.807, 2.05) is 11.6 Å². The lowest BCUT2D eigenvalue weighted by atomic mass is 10.1. The maximum atomic E-state index is 12.3. The molecule has 0 radical (unpaired) electrons. The Labute approximate surface area is 152 Å². The SMILES string of the molecule is CCc1ccc(C(C)NC(=O)CSc2nnnn2C2CCCC2)cc1. The molecular weight excluding hydrogens is 334 g/mol. The number of carbonyl (C=O) groups is 1. The van der Waals surface area contributed by atoms with Gasteiger partial charge in [0.25, 0.3) is 0 Å². The Kier molecular flexibility index (Phi) is 6.07. The van der Waals surface area contributed by atoms with E-state index in [1.54, 1.807) is 0 Å². The van der Waals surface area contributed by atoms with Crippen LogP contribution in [0.5, 0.6) is 0 Å². The van der Waals surface area contributed by atoms with E-state index in [2.05, 4.69) is 52.0 Å². The zero-order chi connectivity index (χ0) is 17.6. The van der Waals surface area contributed by atoms with E-state index in [-0.39, 0.29) is 11.9 Å². The third-order valence-corrected chi connectivity index (χ3v) is 5.66. The van der Waals surface area contributed by atoms with Crippen LogP contribution in [0.4, 0.5) is 0 Å². The number of benzene rings is 1. The van der Waals surface area contributed by atoms with Crippen LogP contribution in [0.3, 0.4) is 0 Å². The molecule has 1 aliphatic carbocycles. The monoisotopic (exact) mass is 359 g/mol. The molecular formula is C18H25N5OS. The predicted molar refractivity (Wildman–Crippen MR) is 98.4 cm³/mol. The van der Waals surface area contributed by atoms with Crippen molar-refractivity contribution in [2.75, 3.05) is 5.75 Å². The fraction of sp³-hybridized carbons (Fsp3) is 0.556. The third kappa shape index (κ3) is 4.60. The average Bonchev–Trinajstić information content (AvgIpc) is 3.31. The summed E-state index contributed by atoms with van der Waals surface area (Å²) < 4.78 is 1.89. The predicted octanol–water partition coefficient (Wildman–Crippen LogP) is 3.32. The topological polar surface area (TPSA) is 72.7 Å². The summed E-state index contributed by atoms with van der Waals surface area (Å²) in [4.78, 5) is 12.3. The zero-order valence-electron chi connectivity index (χ0n) is 14.8. The van der Waals surface area contributed by atoms with Gasteiger partial charge >= 0.3 is 0 Å². The van der Waals surface area contributed by atoms with Crippen LogP contribution in [0, 0.1) is 0 Å². The molecule has 6 nitrogen and oxygen atoms in total. The molecule has 25 heavy (non-hydrogen) atoms. The number of rotatable bonds is 7. The Morgan fingerprint density at radius 2 is 2.04 bits per heavy atom. The first kappa shape index (κ1) is 17.9. The number of nitrogens with one attached hydrogen (secondary N) is 1. The number of aromatic nitrogens is 4. The molecule has 1 fully saturated rings.